The van der Waals surface area contributed by atoms with Crippen LogP contribution in [0, 0.1) is 11.6 Å². The van der Waals surface area contributed by atoms with Crippen molar-refractivity contribution in [1.82, 2.24) is 15.2 Å². The first-order valence-corrected chi connectivity index (χ1v) is 10.2. The van der Waals surface area contributed by atoms with Gasteiger partial charge in [-0.3, -0.25) is 4.90 Å². The molecule has 1 aromatic heterocycles. The summed E-state index contributed by atoms with van der Waals surface area (Å²) >= 11 is 0. The third-order valence-corrected chi connectivity index (χ3v) is 5.05. The second-order valence-electron chi connectivity index (χ2n) is 8.55. The van der Waals surface area contributed by atoms with Gasteiger partial charge in [0.15, 0.2) is 6.10 Å². The second kappa shape index (κ2) is 8.38. The van der Waals surface area contributed by atoms with Crippen LogP contribution < -0.4 is 14.8 Å². The van der Waals surface area contributed by atoms with Gasteiger partial charge in [0.1, 0.15) is 23.0 Å². The maximum atomic E-state index is 15.3. The van der Waals surface area contributed by atoms with Crippen LogP contribution in [0.5, 0.6) is 11.6 Å². The SMILES string of the molecule is COc1ccc(-c2c(F)cc3c(c2F)CN2C(=O)O[C@@H](CNC(=O)OC(C)(C)C)[C@@H]2O3)cn1. The third-order valence-electron chi connectivity index (χ3n) is 5.05. The molecule has 2 aromatic rings. The highest BCUT2D eigenvalue weighted by Crippen LogP contribution is 2.40. The van der Waals surface area contributed by atoms with E-state index in [0.717, 1.165) is 6.07 Å². The zero-order valence-electron chi connectivity index (χ0n) is 18.5. The van der Waals surface area contributed by atoms with E-state index in [2.05, 4.69) is 10.3 Å². The van der Waals surface area contributed by atoms with Gasteiger partial charge in [-0.2, -0.15) is 0 Å². The molecule has 0 spiro atoms. The number of pyridine rings is 1. The summed E-state index contributed by atoms with van der Waals surface area (Å²) in [4.78, 5) is 29.4. The number of alkyl carbamates (subject to hydrolysis) is 1. The minimum Gasteiger partial charge on any atom is -0.481 e. The van der Waals surface area contributed by atoms with Crippen LogP contribution in [0.2, 0.25) is 0 Å². The number of hydrogen-bond donors (Lipinski definition) is 1. The smallest absolute Gasteiger partial charge is 0.413 e. The maximum Gasteiger partial charge on any atom is 0.413 e. The van der Waals surface area contributed by atoms with E-state index in [9.17, 15) is 14.0 Å². The number of carbonyl (C=O) groups is 2. The second-order valence-corrected chi connectivity index (χ2v) is 8.55. The number of halogens is 2. The minimum absolute atomic E-state index is 0.0103. The number of benzene rings is 1. The van der Waals surface area contributed by atoms with Crippen molar-refractivity contribution in [2.24, 2.45) is 0 Å². The number of ether oxygens (including phenoxy) is 4. The van der Waals surface area contributed by atoms with Gasteiger partial charge in [0, 0.05) is 23.9 Å². The summed E-state index contributed by atoms with van der Waals surface area (Å²) in [5.74, 6) is -1.45. The summed E-state index contributed by atoms with van der Waals surface area (Å²) in [6, 6.07) is 4.03. The topological polar surface area (TPSA) is 99.2 Å². The molecule has 33 heavy (non-hydrogen) atoms. The molecule has 0 unspecified atom stereocenters. The number of rotatable bonds is 4. The summed E-state index contributed by atoms with van der Waals surface area (Å²) in [6.07, 6.45) is -2.00. The molecule has 2 atom stereocenters. The molecule has 0 aliphatic carbocycles. The fourth-order valence-electron chi connectivity index (χ4n) is 3.60. The van der Waals surface area contributed by atoms with Gasteiger partial charge in [0.25, 0.3) is 0 Å². The Morgan fingerprint density at radius 1 is 1.30 bits per heavy atom. The van der Waals surface area contributed by atoms with Crippen molar-refractivity contribution in [2.45, 2.75) is 45.2 Å². The van der Waals surface area contributed by atoms with Crippen molar-refractivity contribution in [3.05, 3.63) is 41.6 Å². The summed E-state index contributed by atoms with van der Waals surface area (Å²) in [5, 5.41) is 2.51. The molecule has 0 saturated carbocycles. The van der Waals surface area contributed by atoms with E-state index in [1.807, 2.05) is 0 Å². The van der Waals surface area contributed by atoms with Gasteiger partial charge in [0.2, 0.25) is 12.1 Å². The number of cyclic esters (lactones) is 1. The van der Waals surface area contributed by atoms with Crippen LogP contribution in [0.25, 0.3) is 11.1 Å². The van der Waals surface area contributed by atoms with Gasteiger partial charge in [-0.1, -0.05) is 0 Å². The van der Waals surface area contributed by atoms with E-state index in [0.29, 0.717) is 5.88 Å². The maximum absolute atomic E-state index is 15.3. The highest BCUT2D eigenvalue weighted by atomic mass is 19.1. The first-order chi connectivity index (χ1) is 15.6. The lowest BCUT2D eigenvalue weighted by molar-refractivity contribution is 0.0133. The Bertz CT molecular complexity index is 1090. The van der Waals surface area contributed by atoms with Crippen LogP contribution in [-0.2, 0) is 16.0 Å². The van der Waals surface area contributed by atoms with Gasteiger partial charge in [-0.15, -0.1) is 0 Å². The number of hydrogen-bond acceptors (Lipinski definition) is 7. The Balaban J connectivity index is 1.56. The molecular weight excluding hydrogens is 440 g/mol. The number of nitrogens with zero attached hydrogens (tertiary/aromatic N) is 2. The average Bonchev–Trinajstić information content (AvgIpc) is 3.05. The number of carbonyl (C=O) groups excluding carboxylic acids is 2. The van der Waals surface area contributed by atoms with Gasteiger partial charge in [0.05, 0.1) is 31.3 Å². The molecule has 4 rings (SSSR count). The molecule has 1 N–H and O–H groups in total. The molecule has 0 bridgehead atoms. The quantitative estimate of drug-likeness (QED) is 0.740. The number of fused-ring (bicyclic) bond motifs is 2. The lowest BCUT2D eigenvalue weighted by Gasteiger charge is -2.32. The fourth-order valence-corrected chi connectivity index (χ4v) is 3.60. The van der Waals surface area contributed by atoms with E-state index in [1.54, 1.807) is 20.8 Å². The zero-order chi connectivity index (χ0) is 23.9. The number of methoxy groups -OCH3 is 1. The van der Waals surface area contributed by atoms with Crippen LogP contribution in [0.15, 0.2) is 24.4 Å². The van der Waals surface area contributed by atoms with E-state index >= 15 is 4.39 Å². The molecule has 0 radical (unpaired) electrons. The molecule has 11 heteroatoms. The van der Waals surface area contributed by atoms with Crippen molar-refractivity contribution >= 4 is 12.2 Å². The lowest BCUT2D eigenvalue weighted by Crippen LogP contribution is -2.48. The van der Waals surface area contributed by atoms with Gasteiger partial charge in [-0.25, -0.2) is 23.4 Å². The molecule has 1 aromatic carbocycles. The number of aromatic nitrogens is 1. The highest BCUT2D eigenvalue weighted by Gasteiger charge is 2.47. The molecule has 2 amide bonds. The van der Waals surface area contributed by atoms with Crippen LogP contribution in [0.1, 0.15) is 26.3 Å². The fraction of sp³-hybridized carbons (Fsp3) is 0.409. The first kappa shape index (κ1) is 22.6. The average molecular weight is 463 g/mol. The molecule has 176 valence electrons. The normalized spacial score (nSPS) is 19.2. The third kappa shape index (κ3) is 4.48. The largest absolute Gasteiger partial charge is 0.481 e. The van der Waals surface area contributed by atoms with Crippen molar-refractivity contribution in [2.75, 3.05) is 13.7 Å². The molecule has 3 heterocycles. The molecule has 1 fully saturated rings. The Labute approximate surface area is 188 Å². The van der Waals surface area contributed by atoms with Crippen LogP contribution in [0.3, 0.4) is 0 Å². The Kier molecular flexibility index (Phi) is 5.73. The summed E-state index contributed by atoms with van der Waals surface area (Å²) in [6.45, 7) is 4.85. The van der Waals surface area contributed by atoms with Gasteiger partial charge < -0.3 is 24.3 Å². The van der Waals surface area contributed by atoms with Crippen LogP contribution in [0.4, 0.5) is 18.4 Å². The minimum atomic E-state index is -0.966. The summed E-state index contributed by atoms with van der Waals surface area (Å²) < 4.78 is 51.4. The first-order valence-electron chi connectivity index (χ1n) is 10.2. The van der Waals surface area contributed by atoms with Crippen molar-refractivity contribution in [3.8, 4) is 22.8 Å². The Hall–Kier alpha value is -3.63. The van der Waals surface area contributed by atoms with Crippen molar-refractivity contribution in [1.29, 1.82) is 0 Å². The predicted octanol–water partition coefficient (Wildman–Crippen LogP) is 3.60. The molecule has 9 nitrogen and oxygen atoms in total. The van der Waals surface area contributed by atoms with E-state index in [1.165, 1.54) is 30.3 Å². The molecule has 2 aliphatic heterocycles. The highest BCUT2D eigenvalue weighted by molar-refractivity contribution is 5.73. The molecule has 2 aliphatic rings. The van der Waals surface area contributed by atoms with E-state index < -0.39 is 41.8 Å². The monoisotopic (exact) mass is 463 g/mol. The van der Waals surface area contributed by atoms with E-state index in [-0.39, 0.29) is 35.5 Å². The zero-order valence-corrected chi connectivity index (χ0v) is 18.5. The Morgan fingerprint density at radius 2 is 2.06 bits per heavy atom. The lowest BCUT2D eigenvalue weighted by atomic mass is 10.0. The predicted molar refractivity (Wildman–Crippen MR) is 111 cm³/mol. The summed E-state index contributed by atoms with van der Waals surface area (Å²) in [7, 11) is 1.43. The van der Waals surface area contributed by atoms with Crippen molar-refractivity contribution in [3.63, 3.8) is 0 Å². The molecular formula is C22H23F2N3O6. The van der Waals surface area contributed by atoms with E-state index in [4.69, 9.17) is 18.9 Å². The van der Waals surface area contributed by atoms with Crippen LogP contribution >= 0.6 is 0 Å². The Morgan fingerprint density at radius 3 is 2.70 bits per heavy atom. The number of amides is 2. The van der Waals surface area contributed by atoms with Crippen molar-refractivity contribution < 1.29 is 37.3 Å². The van der Waals surface area contributed by atoms with Gasteiger partial charge >= 0.3 is 12.2 Å². The molecule has 1 saturated heterocycles. The van der Waals surface area contributed by atoms with Gasteiger partial charge in [-0.05, 0) is 26.8 Å². The standard InChI is InChI=1S/C22H23F2N3O6/c1-22(2,3)33-20(28)26-9-15-19-27(21(29)32-15)10-12-14(31-19)7-13(23)17(18(12)24)11-5-6-16(30-4)25-8-11/h5-8,15,19H,9-10H2,1-4H3,(H,26,28)/t15-,19-/m0/s1. The number of nitrogens with one attached hydrogen (secondary N) is 1. The summed E-state index contributed by atoms with van der Waals surface area (Å²) in [5.41, 5.74) is -0.772. The van der Waals surface area contributed by atoms with Crippen LogP contribution in [-0.4, -0.2) is 53.7 Å².